The number of carbonyl (C=O) groups is 1. The highest BCUT2D eigenvalue weighted by Gasteiger charge is 2.15. The quantitative estimate of drug-likeness (QED) is 0.733. The van der Waals surface area contributed by atoms with Crippen molar-refractivity contribution in [2.24, 2.45) is 5.92 Å². The lowest BCUT2D eigenvalue weighted by molar-refractivity contribution is 0.0983. The average molecular weight is 233 g/mol. The lowest BCUT2D eigenvalue weighted by atomic mass is 10.1. The van der Waals surface area contributed by atoms with Crippen LogP contribution in [0.15, 0.2) is 18.3 Å². The van der Waals surface area contributed by atoms with E-state index in [1.165, 1.54) is 25.7 Å². The average Bonchev–Trinajstić information content (AvgIpc) is 2.89. The summed E-state index contributed by atoms with van der Waals surface area (Å²) in [5.74, 6) is 1.55. The normalized spacial score (nSPS) is 16.1. The summed E-state index contributed by atoms with van der Waals surface area (Å²) in [5, 5.41) is 0. The molecule has 1 saturated carbocycles. The van der Waals surface area contributed by atoms with Crippen LogP contribution in [0.3, 0.4) is 0 Å². The van der Waals surface area contributed by atoms with Gasteiger partial charge in [-0.2, -0.15) is 0 Å². The first-order valence-corrected chi connectivity index (χ1v) is 6.41. The molecule has 1 heterocycles. The van der Waals surface area contributed by atoms with Gasteiger partial charge in [0.1, 0.15) is 11.4 Å². The summed E-state index contributed by atoms with van der Waals surface area (Å²) in [6.07, 6.45) is 7.36. The summed E-state index contributed by atoms with van der Waals surface area (Å²) in [7, 11) is 0. The van der Waals surface area contributed by atoms with Gasteiger partial charge in [0.25, 0.3) is 0 Å². The Kier molecular flexibility index (Phi) is 4.13. The van der Waals surface area contributed by atoms with Crippen molar-refractivity contribution in [2.75, 3.05) is 6.61 Å². The van der Waals surface area contributed by atoms with Crippen LogP contribution < -0.4 is 4.74 Å². The Balaban J connectivity index is 1.87. The molecule has 0 radical (unpaired) electrons. The van der Waals surface area contributed by atoms with E-state index in [1.54, 1.807) is 12.3 Å². The summed E-state index contributed by atoms with van der Waals surface area (Å²) >= 11 is 0. The number of aromatic nitrogens is 1. The zero-order valence-electron chi connectivity index (χ0n) is 10.3. The minimum atomic E-state index is 0.0762. The molecule has 0 aliphatic heterocycles. The highest BCUT2D eigenvalue weighted by molar-refractivity contribution is 5.93. The van der Waals surface area contributed by atoms with Gasteiger partial charge in [0.05, 0.1) is 12.8 Å². The minimum Gasteiger partial charge on any atom is -0.492 e. The summed E-state index contributed by atoms with van der Waals surface area (Å²) in [6, 6.07) is 3.58. The molecule has 17 heavy (non-hydrogen) atoms. The summed E-state index contributed by atoms with van der Waals surface area (Å²) in [4.78, 5) is 15.5. The molecule has 1 aliphatic rings. The molecule has 3 heteroatoms. The van der Waals surface area contributed by atoms with E-state index in [2.05, 4.69) is 4.98 Å². The third-order valence-corrected chi connectivity index (χ3v) is 3.30. The van der Waals surface area contributed by atoms with Gasteiger partial charge in [-0.1, -0.05) is 19.8 Å². The molecule has 0 atom stereocenters. The van der Waals surface area contributed by atoms with Crippen LogP contribution in [-0.4, -0.2) is 17.4 Å². The number of hydrogen-bond acceptors (Lipinski definition) is 3. The van der Waals surface area contributed by atoms with Gasteiger partial charge in [-0.05, 0) is 30.9 Å². The molecule has 1 aliphatic carbocycles. The number of ether oxygens (including phenoxy) is 1. The lowest BCUT2D eigenvalue weighted by Crippen LogP contribution is -2.08. The van der Waals surface area contributed by atoms with Gasteiger partial charge >= 0.3 is 0 Å². The zero-order chi connectivity index (χ0) is 12.1. The first-order valence-electron chi connectivity index (χ1n) is 6.41. The second-order valence-electron chi connectivity index (χ2n) is 4.62. The van der Waals surface area contributed by atoms with Crippen LogP contribution in [0, 0.1) is 5.92 Å². The fraction of sp³-hybridized carbons (Fsp3) is 0.571. The third kappa shape index (κ3) is 3.29. The Bertz CT molecular complexity index is 366. The van der Waals surface area contributed by atoms with E-state index in [4.69, 9.17) is 4.74 Å². The number of nitrogens with zero attached hydrogens (tertiary/aromatic N) is 1. The van der Waals surface area contributed by atoms with Gasteiger partial charge in [0.2, 0.25) is 0 Å². The third-order valence-electron chi connectivity index (χ3n) is 3.30. The van der Waals surface area contributed by atoms with Crippen molar-refractivity contribution in [1.29, 1.82) is 0 Å². The van der Waals surface area contributed by atoms with Crippen molar-refractivity contribution >= 4 is 5.78 Å². The Morgan fingerprint density at radius 1 is 1.41 bits per heavy atom. The van der Waals surface area contributed by atoms with E-state index in [-0.39, 0.29) is 5.78 Å². The monoisotopic (exact) mass is 233 g/mol. The molecule has 92 valence electrons. The lowest BCUT2D eigenvalue weighted by Gasteiger charge is -2.10. The molecule has 1 aromatic rings. The summed E-state index contributed by atoms with van der Waals surface area (Å²) in [6.45, 7) is 2.62. The second-order valence-corrected chi connectivity index (χ2v) is 4.62. The Morgan fingerprint density at radius 2 is 2.18 bits per heavy atom. The van der Waals surface area contributed by atoms with E-state index < -0.39 is 0 Å². The molecule has 3 nitrogen and oxygen atoms in total. The summed E-state index contributed by atoms with van der Waals surface area (Å²) < 4.78 is 5.68. The van der Waals surface area contributed by atoms with Crippen molar-refractivity contribution < 1.29 is 9.53 Å². The number of rotatable bonds is 5. The fourth-order valence-electron chi connectivity index (χ4n) is 2.20. The minimum absolute atomic E-state index is 0.0762. The van der Waals surface area contributed by atoms with Gasteiger partial charge in [-0.3, -0.25) is 4.79 Å². The maximum Gasteiger partial charge on any atom is 0.180 e. The van der Waals surface area contributed by atoms with Gasteiger partial charge in [0, 0.05) is 6.42 Å². The molecule has 0 unspecified atom stereocenters. The number of ketones is 1. The van der Waals surface area contributed by atoms with E-state index in [0.29, 0.717) is 18.0 Å². The van der Waals surface area contributed by atoms with Crippen LogP contribution in [0.1, 0.15) is 49.5 Å². The molecule has 2 rings (SSSR count). The predicted octanol–water partition coefficient (Wildman–Crippen LogP) is 3.24. The van der Waals surface area contributed by atoms with Crippen molar-refractivity contribution in [3.63, 3.8) is 0 Å². The van der Waals surface area contributed by atoms with Crippen LogP contribution in [0.4, 0.5) is 0 Å². The molecule has 0 saturated heterocycles. The maximum atomic E-state index is 11.4. The molecule has 0 aromatic carbocycles. The topological polar surface area (TPSA) is 39.2 Å². The predicted molar refractivity (Wildman–Crippen MR) is 66.3 cm³/mol. The van der Waals surface area contributed by atoms with Crippen LogP contribution in [0.25, 0.3) is 0 Å². The van der Waals surface area contributed by atoms with E-state index in [9.17, 15) is 4.79 Å². The van der Waals surface area contributed by atoms with Crippen LogP contribution in [0.2, 0.25) is 0 Å². The Morgan fingerprint density at radius 3 is 2.76 bits per heavy atom. The van der Waals surface area contributed by atoms with Gasteiger partial charge < -0.3 is 4.74 Å². The molecule has 1 fully saturated rings. The van der Waals surface area contributed by atoms with Crippen molar-refractivity contribution in [3.8, 4) is 5.75 Å². The molecular weight excluding hydrogens is 214 g/mol. The first-order chi connectivity index (χ1) is 8.29. The first kappa shape index (κ1) is 12.1. The van der Waals surface area contributed by atoms with Gasteiger partial charge in [0.15, 0.2) is 5.78 Å². The van der Waals surface area contributed by atoms with Crippen molar-refractivity contribution in [2.45, 2.75) is 39.0 Å². The van der Waals surface area contributed by atoms with E-state index >= 15 is 0 Å². The Labute approximate surface area is 102 Å². The number of Topliss-reactive ketones (excluding diaryl/α,β-unsaturated/α-hetero) is 1. The summed E-state index contributed by atoms with van der Waals surface area (Å²) in [5.41, 5.74) is 0.528. The van der Waals surface area contributed by atoms with E-state index in [1.807, 2.05) is 13.0 Å². The number of carbonyl (C=O) groups excluding carboxylic acids is 1. The largest absolute Gasteiger partial charge is 0.492 e. The molecular formula is C14H19NO2. The SMILES string of the molecule is CCC(=O)c1ccc(OCC2CCCC2)cn1. The van der Waals surface area contributed by atoms with Crippen molar-refractivity contribution in [3.05, 3.63) is 24.0 Å². The second kappa shape index (κ2) is 5.80. The van der Waals surface area contributed by atoms with E-state index in [0.717, 1.165) is 12.4 Å². The fourth-order valence-corrected chi connectivity index (χ4v) is 2.20. The van der Waals surface area contributed by atoms with Crippen LogP contribution >= 0.6 is 0 Å². The molecule has 0 spiro atoms. The molecule has 0 bridgehead atoms. The highest BCUT2D eigenvalue weighted by atomic mass is 16.5. The highest BCUT2D eigenvalue weighted by Crippen LogP contribution is 2.25. The Hall–Kier alpha value is -1.38. The van der Waals surface area contributed by atoms with Gasteiger partial charge in [-0.25, -0.2) is 4.98 Å². The number of hydrogen-bond donors (Lipinski definition) is 0. The molecule has 0 amide bonds. The molecule has 1 aromatic heterocycles. The smallest absolute Gasteiger partial charge is 0.180 e. The maximum absolute atomic E-state index is 11.4. The zero-order valence-corrected chi connectivity index (χ0v) is 10.3. The molecule has 0 N–H and O–H groups in total. The van der Waals surface area contributed by atoms with Crippen LogP contribution in [0.5, 0.6) is 5.75 Å². The van der Waals surface area contributed by atoms with Gasteiger partial charge in [-0.15, -0.1) is 0 Å². The van der Waals surface area contributed by atoms with Crippen molar-refractivity contribution in [1.82, 2.24) is 4.98 Å². The standard InChI is InChI=1S/C14H19NO2/c1-2-14(16)13-8-7-12(9-15-13)17-10-11-5-3-4-6-11/h7-9,11H,2-6,10H2,1H3. The number of pyridine rings is 1. The van der Waals surface area contributed by atoms with Crippen LogP contribution in [-0.2, 0) is 0 Å².